The van der Waals surface area contributed by atoms with Crippen molar-refractivity contribution in [2.75, 3.05) is 14.1 Å². The van der Waals surface area contributed by atoms with E-state index in [1.165, 1.54) is 21.3 Å². The Morgan fingerprint density at radius 1 is 1.32 bits per heavy atom. The number of aromatic nitrogens is 2. The van der Waals surface area contributed by atoms with E-state index in [1.54, 1.807) is 33.3 Å². The number of rotatable bonds is 3. The van der Waals surface area contributed by atoms with E-state index >= 15 is 0 Å². The van der Waals surface area contributed by atoms with Crippen LogP contribution in [0.4, 0.5) is 0 Å². The molecule has 1 aliphatic rings. The molecule has 1 amide bonds. The van der Waals surface area contributed by atoms with Crippen LogP contribution < -0.4 is 0 Å². The molecule has 1 saturated heterocycles. The molecule has 128 valence electrons. The van der Waals surface area contributed by atoms with Crippen molar-refractivity contribution in [1.29, 1.82) is 0 Å². The SMILES string of the molecule is CCC(=O)n1cc(/C=C2\SC(=NC)N(C)C2=O)c(-c2ccccc2)n1. The molecule has 2 heterocycles. The molecule has 0 bridgehead atoms. The maximum absolute atomic E-state index is 12.4. The summed E-state index contributed by atoms with van der Waals surface area (Å²) < 4.78 is 1.34. The van der Waals surface area contributed by atoms with Crippen LogP contribution in [-0.4, -0.2) is 45.8 Å². The van der Waals surface area contributed by atoms with Gasteiger partial charge < -0.3 is 0 Å². The summed E-state index contributed by atoms with van der Waals surface area (Å²) in [5.41, 5.74) is 2.30. The van der Waals surface area contributed by atoms with Crippen molar-refractivity contribution in [3.8, 4) is 11.3 Å². The summed E-state index contributed by atoms with van der Waals surface area (Å²) in [6.07, 6.45) is 3.81. The fourth-order valence-corrected chi connectivity index (χ4v) is 3.41. The van der Waals surface area contributed by atoms with Gasteiger partial charge in [0.15, 0.2) is 5.17 Å². The first-order chi connectivity index (χ1) is 12.0. The van der Waals surface area contributed by atoms with Gasteiger partial charge in [-0.25, -0.2) is 4.68 Å². The Balaban J connectivity index is 2.09. The van der Waals surface area contributed by atoms with E-state index in [0.29, 0.717) is 22.2 Å². The highest BCUT2D eigenvalue weighted by Crippen LogP contribution is 2.33. The summed E-state index contributed by atoms with van der Waals surface area (Å²) >= 11 is 1.31. The van der Waals surface area contributed by atoms with E-state index in [4.69, 9.17) is 0 Å². The van der Waals surface area contributed by atoms with Gasteiger partial charge in [-0.2, -0.15) is 5.10 Å². The van der Waals surface area contributed by atoms with Crippen LogP contribution in [0.5, 0.6) is 0 Å². The van der Waals surface area contributed by atoms with Crippen molar-refractivity contribution < 1.29 is 9.59 Å². The molecule has 0 N–H and O–H groups in total. The minimum absolute atomic E-state index is 0.0971. The van der Waals surface area contributed by atoms with Crippen LogP contribution in [0, 0.1) is 0 Å². The Bertz CT molecular complexity index is 884. The number of likely N-dealkylation sites (N-methyl/N-ethyl adjacent to an activating group) is 1. The highest BCUT2D eigenvalue weighted by Gasteiger charge is 2.30. The first-order valence-electron chi connectivity index (χ1n) is 7.87. The molecule has 1 aromatic carbocycles. The van der Waals surface area contributed by atoms with Crippen LogP contribution >= 0.6 is 11.8 Å². The number of carbonyl (C=O) groups is 2. The summed E-state index contributed by atoms with van der Waals surface area (Å²) in [5.74, 6) is -0.209. The van der Waals surface area contributed by atoms with Gasteiger partial charge in [0.05, 0.1) is 4.91 Å². The van der Waals surface area contributed by atoms with Crippen molar-refractivity contribution in [3.63, 3.8) is 0 Å². The molecular weight excluding hydrogens is 336 g/mol. The van der Waals surface area contributed by atoms with Crippen molar-refractivity contribution >= 4 is 34.8 Å². The van der Waals surface area contributed by atoms with E-state index in [2.05, 4.69) is 10.1 Å². The molecule has 0 spiro atoms. The molecule has 6 nitrogen and oxygen atoms in total. The van der Waals surface area contributed by atoms with Crippen LogP contribution in [-0.2, 0) is 4.79 Å². The van der Waals surface area contributed by atoms with Gasteiger partial charge in [0.25, 0.3) is 5.91 Å². The number of amidine groups is 1. The highest BCUT2D eigenvalue weighted by molar-refractivity contribution is 8.18. The molecule has 7 heteroatoms. The Labute approximate surface area is 150 Å². The molecule has 0 radical (unpaired) electrons. The summed E-state index contributed by atoms with van der Waals surface area (Å²) in [7, 11) is 3.35. The third kappa shape index (κ3) is 3.28. The van der Waals surface area contributed by atoms with Gasteiger partial charge in [0, 0.05) is 37.8 Å². The zero-order valence-electron chi connectivity index (χ0n) is 14.3. The first kappa shape index (κ1) is 17.2. The van der Waals surface area contributed by atoms with Gasteiger partial charge in [0.1, 0.15) is 5.69 Å². The molecule has 0 unspecified atom stereocenters. The number of nitrogens with zero attached hydrogens (tertiary/aromatic N) is 4. The van der Waals surface area contributed by atoms with Gasteiger partial charge in [-0.3, -0.25) is 19.5 Å². The van der Waals surface area contributed by atoms with Crippen molar-refractivity contribution in [2.24, 2.45) is 4.99 Å². The van der Waals surface area contributed by atoms with Crippen LogP contribution in [0.2, 0.25) is 0 Å². The van der Waals surface area contributed by atoms with E-state index in [9.17, 15) is 9.59 Å². The molecule has 0 saturated carbocycles. The predicted molar refractivity (Wildman–Crippen MR) is 100 cm³/mol. The van der Waals surface area contributed by atoms with E-state index < -0.39 is 0 Å². The van der Waals surface area contributed by atoms with Crippen LogP contribution in [0.25, 0.3) is 17.3 Å². The fraction of sp³-hybridized carbons (Fsp3) is 0.222. The molecule has 1 aromatic heterocycles. The Morgan fingerprint density at radius 2 is 2.04 bits per heavy atom. The summed E-state index contributed by atoms with van der Waals surface area (Å²) in [5, 5.41) is 5.08. The molecule has 3 rings (SSSR count). The summed E-state index contributed by atoms with van der Waals surface area (Å²) in [6.45, 7) is 1.79. The van der Waals surface area contributed by atoms with Gasteiger partial charge in [-0.05, 0) is 17.8 Å². The number of hydrogen-bond donors (Lipinski definition) is 0. The van der Waals surface area contributed by atoms with E-state index in [1.807, 2.05) is 30.3 Å². The second kappa shape index (κ2) is 7.06. The topological polar surface area (TPSA) is 67.6 Å². The number of hydrogen-bond acceptors (Lipinski definition) is 5. The monoisotopic (exact) mass is 354 g/mol. The lowest BCUT2D eigenvalue weighted by Crippen LogP contribution is -2.23. The minimum atomic E-state index is -0.112. The van der Waals surface area contributed by atoms with Gasteiger partial charge in [0.2, 0.25) is 5.91 Å². The Morgan fingerprint density at radius 3 is 2.64 bits per heavy atom. The molecular formula is C18H18N4O2S. The molecule has 25 heavy (non-hydrogen) atoms. The normalized spacial score (nSPS) is 17.7. The Kier molecular flexibility index (Phi) is 4.85. The molecule has 2 aromatic rings. The van der Waals surface area contributed by atoms with E-state index in [0.717, 1.165) is 11.1 Å². The smallest absolute Gasteiger partial charge is 0.266 e. The molecule has 0 atom stereocenters. The third-order valence-electron chi connectivity index (χ3n) is 3.83. The van der Waals surface area contributed by atoms with Crippen molar-refractivity contribution in [1.82, 2.24) is 14.7 Å². The number of amides is 1. The quantitative estimate of drug-likeness (QED) is 0.794. The lowest BCUT2D eigenvalue weighted by molar-refractivity contribution is -0.121. The lowest BCUT2D eigenvalue weighted by Gasteiger charge is -2.05. The van der Waals surface area contributed by atoms with Crippen LogP contribution in [0.1, 0.15) is 23.7 Å². The van der Waals surface area contributed by atoms with Crippen molar-refractivity contribution in [2.45, 2.75) is 13.3 Å². The largest absolute Gasteiger partial charge is 0.290 e. The Hall–Kier alpha value is -2.67. The van der Waals surface area contributed by atoms with Crippen LogP contribution in [0.3, 0.4) is 0 Å². The summed E-state index contributed by atoms with van der Waals surface area (Å²) in [6, 6.07) is 9.61. The first-order valence-corrected chi connectivity index (χ1v) is 8.69. The zero-order valence-corrected chi connectivity index (χ0v) is 15.1. The van der Waals surface area contributed by atoms with Gasteiger partial charge in [-0.1, -0.05) is 37.3 Å². The third-order valence-corrected chi connectivity index (χ3v) is 4.98. The lowest BCUT2D eigenvalue weighted by atomic mass is 10.1. The molecule has 0 aliphatic carbocycles. The average molecular weight is 354 g/mol. The number of aliphatic imine (C=N–C) groups is 1. The van der Waals surface area contributed by atoms with Crippen molar-refractivity contribution in [3.05, 3.63) is 47.0 Å². The molecule has 1 fully saturated rings. The predicted octanol–water partition coefficient (Wildman–Crippen LogP) is 3.13. The highest BCUT2D eigenvalue weighted by atomic mass is 32.2. The zero-order chi connectivity index (χ0) is 18.0. The minimum Gasteiger partial charge on any atom is -0.290 e. The standard InChI is InChI=1S/C18H18N4O2S/c1-4-15(23)22-11-13(16(20-22)12-8-6-5-7-9-12)10-14-17(24)21(3)18(19-2)25-14/h5-11H,4H2,1-3H3/b14-10-,19-18?. The maximum Gasteiger partial charge on any atom is 0.266 e. The van der Waals surface area contributed by atoms with Gasteiger partial charge >= 0.3 is 0 Å². The van der Waals surface area contributed by atoms with Gasteiger partial charge in [-0.15, -0.1) is 0 Å². The number of benzene rings is 1. The van der Waals surface area contributed by atoms with Crippen LogP contribution in [0.15, 0.2) is 46.4 Å². The summed E-state index contributed by atoms with van der Waals surface area (Å²) in [4.78, 5) is 30.6. The molecule has 1 aliphatic heterocycles. The fourth-order valence-electron chi connectivity index (χ4n) is 2.49. The number of thioether (sulfide) groups is 1. The second-order valence-electron chi connectivity index (χ2n) is 5.47. The second-order valence-corrected chi connectivity index (χ2v) is 6.48. The maximum atomic E-state index is 12.4. The average Bonchev–Trinajstić information content (AvgIpc) is 3.18. The van der Waals surface area contributed by atoms with E-state index in [-0.39, 0.29) is 11.8 Å². The number of carbonyl (C=O) groups excluding carboxylic acids is 2.